The molecular formula is C75H71FN18O6. The number of nitrogens with zero attached hydrogens (tertiary/aromatic N) is 12. The average molecular weight is 1340 g/mol. The van der Waals surface area contributed by atoms with Gasteiger partial charge in [-0.3, -0.25) is 28.2 Å². The van der Waals surface area contributed by atoms with Crippen molar-refractivity contribution in [1.29, 1.82) is 0 Å². The van der Waals surface area contributed by atoms with Crippen molar-refractivity contribution in [1.82, 2.24) is 59.2 Å². The summed E-state index contributed by atoms with van der Waals surface area (Å²) in [7, 11) is 2.04. The number of rotatable bonds is 12. The zero-order valence-electron chi connectivity index (χ0n) is 54.7. The molecule has 8 N–H and O–H groups in total. The van der Waals surface area contributed by atoms with E-state index in [1.54, 1.807) is 24.8 Å². The van der Waals surface area contributed by atoms with Gasteiger partial charge < -0.3 is 66.1 Å². The van der Waals surface area contributed by atoms with Gasteiger partial charge in [-0.05, 0) is 127 Å². The van der Waals surface area contributed by atoms with Gasteiger partial charge in [0, 0.05) is 113 Å². The number of benzene rings is 3. The van der Waals surface area contributed by atoms with Crippen LogP contribution >= 0.6 is 0 Å². The second-order valence-electron chi connectivity index (χ2n) is 25.5. The number of aliphatic hydroxyl groups excluding tert-OH is 2. The highest BCUT2D eigenvalue weighted by molar-refractivity contribution is 6.09. The van der Waals surface area contributed by atoms with Crippen LogP contribution in [0.3, 0.4) is 0 Å². The fourth-order valence-electron chi connectivity index (χ4n) is 14.2. The number of hydrogen-bond donors (Lipinski definition) is 8. The molecule has 6 aliphatic heterocycles. The Balaban J connectivity index is 0.000000117. The molecule has 3 saturated heterocycles. The summed E-state index contributed by atoms with van der Waals surface area (Å²) in [5, 5.41) is 39.4. The molecule has 0 aliphatic carbocycles. The molecule has 3 fully saturated rings. The summed E-state index contributed by atoms with van der Waals surface area (Å²) < 4.78 is 24.9. The van der Waals surface area contributed by atoms with E-state index in [4.69, 9.17) is 9.72 Å². The Morgan fingerprint density at radius 2 is 1.00 bits per heavy atom. The fraction of sp³-hybridized carbons (Fsp3) is 0.240. The predicted molar refractivity (Wildman–Crippen MR) is 381 cm³/mol. The largest absolute Gasteiger partial charge is 0.393 e. The number of anilines is 9. The Kier molecular flexibility index (Phi) is 16.9. The van der Waals surface area contributed by atoms with Gasteiger partial charge in [-0.15, -0.1) is 0 Å². The minimum Gasteiger partial charge on any atom is -0.393 e. The lowest BCUT2D eigenvalue weighted by Gasteiger charge is -2.31. The van der Waals surface area contributed by atoms with E-state index in [2.05, 4.69) is 113 Å². The third-order valence-electron chi connectivity index (χ3n) is 19.5. The van der Waals surface area contributed by atoms with E-state index in [1.807, 2.05) is 113 Å². The first-order valence-corrected chi connectivity index (χ1v) is 33.6. The van der Waals surface area contributed by atoms with Gasteiger partial charge in [-0.2, -0.15) is 0 Å². The molecule has 0 saturated carbocycles. The third kappa shape index (κ3) is 12.3. The first-order valence-electron chi connectivity index (χ1n) is 33.6. The number of carbonyl (C=O) groups is 3. The zero-order chi connectivity index (χ0) is 68.0. The van der Waals surface area contributed by atoms with Crippen molar-refractivity contribution in [2.24, 2.45) is 7.05 Å². The Hall–Kier alpha value is -11.8. The summed E-state index contributed by atoms with van der Waals surface area (Å²) in [6.45, 7) is 7.77. The highest BCUT2D eigenvalue weighted by Crippen LogP contribution is 2.40. The van der Waals surface area contributed by atoms with Crippen molar-refractivity contribution in [3.63, 3.8) is 0 Å². The van der Waals surface area contributed by atoms with Crippen LogP contribution in [0.1, 0.15) is 73.4 Å². The van der Waals surface area contributed by atoms with E-state index in [9.17, 15) is 29.0 Å². The molecule has 9 aromatic heterocycles. The number of aromatic nitrogens is 9. The fourth-order valence-corrected chi connectivity index (χ4v) is 14.2. The first kappa shape index (κ1) is 63.0. The summed E-state index contributed by atoms with van der Waals surface area (Å²) in [5.41, 5.74) is 17.8. The number of piperidine rings is 2. The van der Waals surface area contributed by atoms with Crippen LogP contribution in [-0.4, -0.2) is 136 Å². The Bertz CT molecular complexity index is 5100. The van der Waals surface area contributed by atoms with Crippen LogP contribution in [-0.2, 0) is 31.4 Å². The lowest BCUT2D eigenvalue weighted by atomic mass is 9.93. The number of pyridine rings is 6. The van der Waals surface area contributed by atoms with Crippen LogP contribution in [0.2, 0.25) is 0 Å². The molecule has 3 amide bonds. The quantitative estimate of drug-likeness (QED) is 0.0565. The van der Waals surface area contributed by atoms with Gasteiger partial charge in [0.1, 0.15) is 34.6 Å². The van der Waals surface area contributed by atoms with Gasteiger partial charge in [0.05, 0.1) is 130 Å². The van der Waals surface area contributed by atoms with Crippen molar-refractivity contribution >= 4 is 91.5 Å². The van der Waals surface area contributed by atoms with Crippen molar-refractivity contribution in [2.75, 3.05) is 83.1 Å². The summed E-state index contributed by atoms with van der Waals surface area (Å²) in [4.78, 5) is 72.1. The van der Waals surface area contributed by atoms with Gasteiger partial charge in [-0.25, -0.2) is 29.3 Å². The lowest BCUT2D eigenvalue weighted by Crippen LogP contribution is -2.36. The van der Waals surface area contributed by atoms with E-state index in [1.165, 1.54) is 23.0 Å². The van der Waals surface area contributed by atoms with Gasteiger partial charge in [0.25, 0.3) is 17.7 Å². The van der Waals surface area contributed by atoms with Crippen LogP contribution in [0.25, 0.3) is 56.0 Å². The highest BCUT2D eigenvalue weighted by atomic mass is 19.1. The lowest BCUT2D eigenvalue weighted by molar-refractivity contribution is 0.0958. The molecule has 6 aliphatic rings. The van der Waals surface area contributed by atoms with Gasteiger partial charge in [0.2, 0.25) is 0 Å². The normalized spacial score (nSPS) is 15.9. The van der Waals surface area contributed by atoms with E-state index < -0.39 is 0 Å². The van der Waals surface area contributed by atoms with E-state index in [0.29, 0.717) is 70.8 Å². The topological polar surface area (TPSA) is 274 Å². The van der Waals surface area contributed by atoms with Crippen LogP contribution in [0.15, 0.2) is 171 Å². The molecular weight excluding hydrogens is 1270 g/mol. The van der Waals surface area contributed by atoms with Gasteiger partial charge in [0.15, 0.2) is 0 Å². The summed E-state index contributed by atoms with van der Waals surface area (Å²) in [5.74, 6) is 1.32. The second kappa shape index (κ2) is 26.9. The molecule has 15 heterocycles. The standard InChI is InChI=1S/C27H27N5O2.C24H21FN6O2.C24H23N7O2/c1-31-12-11-21-19(3-2-4-24(21)31)20-6-7-23(26-22(20)16-29-27(26)34)30-25-8-5-17(15-28-25)32-13-9-18(33)10-14-32;25-15-5-6-31-20(14-27-22(31)11-15)17-2-3-19(23-18(17)13-28-24(23)32)29-21-4-1-16(12-26-21)30-7-9-33-10-8-30;32-16-6-9-30(10-7-16)15-4-5-20(25-11-15)29-18-13-27-23(17-12-28-24(33)22(17)18)19-14-26-21-3-1-2-8-31(19)21/h2-8,11-12,15,18,33H,9-10,13-14,16H2,1H3,(H,28,30)(H,29,34);1-6,11-12,14H,7-10,13H2,(H,26,29)(H,28,32);1-5,8,11,13-14,16,32H,6-7,9-10,12H2,(H,25,29)(H,28,33). The average Bonchev–Trinajstić information content (AvgIpc) is 1.57. The summed E-state index contributed by atoms with van der Waals surface area (Å²) in [6, 6.07) is 36.7. The van der Waals surface area contributed by atoms with Crippen LogP contribution < -0.4 is 46.6 Å². The molecule has 0 unspecified atom stereocenters. The number of morpholine rings is 1. The zero-order valence-corrected chi connectivity index (χ0v) is 54.7. The van der Waals surface area contributed by atoms with Crippen molar-refractivity contribution in [3.05, 3.63) is 210 Å². The number of hydrogen-bond acceptors (Lipinski definition) is 18. The number of aryl methyl sites for hydroxylation is 1. The van der Waals surface area contributed by atoms with Crippen molar-refractivity contribution < 1.29 is 33.7 Å². The number of aliphatic hydroxyl groups is 2. The molecule has 100 heavy (non-hydrogen) atoms. The number of fused-ring (bicyclic) bond motifs is 6. The SMILES string of the molecule is Cn1ccc2c(-c3ccc(Nc4ccc(N5CCC(O)CC5)cn4)c4c3CNC4=O)cccc21.O=C1NCc2c(-c3cnc4cc(F)ccn34)ccc(Nc3ccc(N4CCOCC4)cn3)c21.O=C1NCc2c(-c3cnc4ccccn34)ncc(Nc3ccc(N4CCC(O)CC4)cn3)c21. The number of amides is 3. The number of halogens is 1. The minimum absolute atomic E-state index is 0.0666. The van der Waals surface area contributed by atoms with E-state index in [-0.39, 0.29) is 35.7 Å². The van der Waals surface area contributed by atoms with E-state index >= 15 is 0 Å². The summed E-state index contributed by atoms with van der Waals surface area (Å²) in [6.07, 6.45) is 19.0. The minimum atomic E-state index is -0.339. The van der Waals surface area contributed by atoms with Crippen molar-refractivity contribution in [2.45, 2.75) is 57.5 Å². The number of carbonyl (C=O) groups excluding carboxylic acids is 3. The predicted octanol–water partition coefficient (Wildman–Crippen LogP) is 10.3. The van der Waals surface area contributed by atoms with Gasteiger partial charge in [-0.1, -0.05) is 30.3 Å². The molecule has 0 spiro atoms. The van der Waals surface area contributed by atoms with Crippen molar-refractivity contribution in [3.8, 4) is 33.8 Å². The Labute approximate surface area is 573 Å². The third-order valence-corrected chi connectivity index (χ3v) is 19.5. The molecule has 25 heteroatoms. The molecule has 0 radical (unpaired) electrons. The Morgan fingerprint density at radius 3 is 1.60 bits per heavy atom. The van der Waals surface area contributed by atoms with Gasteiger partial charge >= 0.3 is 0 Å². The molecule has 3 aromatic carbocycles. The van der Waals surface area contributed by atoms with Crippen LogP contribution in [0.5, 0.6) is 0 Å². The number of imidazole rings is 2. The Morgan fingerprint density at radius 1 is 0.470 bits per heavy atom. The monoisotopic (exact) mass is 1340 g/mol. The molecule has 0 atom stereocenters. The second-order valence-corrected chi connectivity index (χ2v) is 25.5. The van der Waals surface area contributed by atoms with Crippen LogP contribution in [0, 0.1) is 5.82 Å². The van der Waals surface area contributed by atoms with E-state index in [0.717, 1.165) is 157 Å². The maximum Gasteiger partial charge on any atom is 0.254 e. The maximum absolute atomic E-state index is 13.6. The molecule has 504 valence electrons. The summed E-state index contributed by atoms with van der Waals surface area (Å²) >= 11 is 0. The molecule has 24 nitrogen and oxygen atoms in total. The molecule has 0 bridgehead atoms. The molecule has 18 rings (SSSR count). The number of nitrogens with one attached hydrogen (secondary N) is 6. The first-order chi connectivity index (χ1) is 48.9. The van der Waals surface area contributed by atoms with Crippen LogP contribution in [0.4, 0.5) is 56.0 Å². The highest BCUT2D eigenvalue weighted by Gasteiger charge is 2.32. The molecule has 12 aromatic rings. The smallest absolute Gasteiger partial charge is 0.254 e. The number of ether oxygens (including phenoxy) is 1. The maximum atomic E-state index is 13.6.